The number of ether oxygens (including phenoxy) is 2. The molecule has 29 heavy (non-hydrogen) atoms. The molecule has 1 N–H and O–H groups in total. The number of hydrogen-bond donors (Lipinski definition) is 1. The molecule has 0 aliphatic rings. The first kappa shape index (κ1) is 20.1. The van der Waals surface area contributed by atoms with Crippen LogP contribution < -0.4 is 14.3 Å². The Kier molecular flexibility index (Phi) is 6.25. The molecule has 0 aliphatic carbocycles. The lowest BCUT2D eigenvalue weighted by Gasteiger charge is -2.06. The van der Waals surface area contributed by atoms with Crippen molar-refractivity contribution in [2.75, 3.05) is 7.11 Å². The lowest BCUT2D eigenvalue weighted by atomic mass is 10.2. The third-order valence-electron chi connectivity index (χ3n) is 3.86. The number of carbonyl (C=O) groups is 1. The standard InChI is InChI=1S/C21H18N2O5S/c1-27-18-13-9-17(10-14-18)21(24)28-19-11-7-16(8-12-19)15-22-23-29(25,26)20-5-3-2-4-6-20/h2-15,23H,1H3/b22-15+. The number of carbonyl (C=O) groups excluding carboxylic acids is 1. The van der Waals surface area contributed by atoms with E-state index in [-0.39, 0.29) is 4.90 Å². The lowest BCUT2D eigenvalue weighted by molar-refractivity contribution is 0.0734. The molecule has 8 heteroatoms. The highest BCUT2D eigenvalue weighted by atomic mass is 32.2. The van der Waals surface area contributed by atoms with E-state index in [1.54, 1.807) is 73.8 Å². The number of sulfonamides is 1. The minimum Gasteiger partial charge on any atom is -0.497 e. The Morgan fingerprint density at radius 1 is 0.897 bits per heavy atom. The summed E-state index contributed by atoms with van der Waals surface area (Å²) in [6.45, 7) is 0. The van der Waals surface area contributed by atoms with Gasteiger partial charge in [0, 0.05) is 0 Å². The summed E-state index contributed by atoms with van der Waals surface area (Å²) in [5, 5.41) is 3.76. The van der Waals surface area contributed by atoms with Crippen molar-refractivity contribution < 1.29 is 22.7 Å². The zero-order chi connectivity index (χ0) is 20.7. The Balaban J connectivity index is 1.59. The van der Waals surface area contributed by atoms with Crippen molar-refractivity contribution in [2.24, 2.45) is 5.10 Å². The Hall–Kier alpha value is -3.65. The van der Waals surface area contributed by atoms with Gasteiger partial charge in [0.1, 0.15) is 11.5 Å². The number of nitrogens with one attached hydrogen (secondary N) is 1. The van der Waals surface area contributed by atoms with Crippen LogP contribution in [-0.4, -0.2) is 27.7 Å². The van der Waals surface area contributed by atoms with Gasteiger partial charge in [-0.15, -0.1) is 0 Å². The van der Waals surface area contributed by atoms with Crippen LogP contribution in [-0.2, 0) is 10.0 Å². The quantitative estimate of drug-likeness (QED) is 0.279. The van der Waals surface area contributed by atoms with Gasteiger partial charge in [-0.1, -0.05) is 18.2 Å². The summed E-state index contributed by atoms with van der Waals surface area (Å²) in [6.07, 6.45) is 1.36. The molecule has 148 valence electrons. The fourth-order valence-electron chi connectivity index (χ4n) is 2.34. The summed E-state index contributed by atoms with van der Waals surface area (Å²) in [4.78, 5) is 14.4. The van der Waals surface area contributed by atoms with Crippen LogP contribution in [0.1, 0.15) is 15.9 Å². The summed E-state index contributed by atoms with van der Waals surface area (Å²) in [5.41, 5.74) is 1.02. The molecule has 0 unspecified atom stereocenters. The van der Waals surface area contributed by atoms with Crippen molar-refractivity contribution in [3.63, 3.8) is 0 Å². The van der Waals surface area contributed by atoms with Gasteiger partial charge in [0.2, 0.25) is 0 Å². The summed E-state index contributed by atoms with van der Waals surface area (Å²) in [6, 6.07) is 21.0. The van der Waals surface area contributed by atoms with Gasteiger partial charge in [0.25, 0.3) is 10.0 Å². The second-order valence-corrected chi connectivity index (χ2v) is 7.51. The van der Waals surface area contributed by atoms with Gasteiger partial charge >= 0.3 is 5.97 Å². The van der Waals surface area contributed by atoms with E-state index in [4.69, 9.17) is 9.47 Å². The molecule has 0 amide bonds. The van der Waals surface area contributed by atoms with Crippen LogP contribution in [0.25, 0.3) is 0 Å². The molecule has 0 saturated carbocycles. The Labute approximate surface area is 168 Å². The molecule has 0 fully saturated rings. The molecule has 0 spiro atoms. The fourth-order valence-corrected chi connectivity index (χ4v) is 3.15. The number of nitrogens with zero attached hydrogens (tertiary/aromatic N) is 1. The van der Waals surface area contributed by atoms with Crippen molar-refractivity contribution in [1.82, 2.24) is 4.83 Å². The highest BCUT2D eigenvalue weighted by molar-refractivity contribution is 7.89. The Bertz CT molecular complexity index is 1090. The Morgan fingerprint density at radius 2 is 1.52 bits per heavy atom. The number of esters is 1. The van der Waals surface area contributed by atoms with Gasteiger partial charge in [0.15, 0.2) is 0 Å². The summed E-state index contributed by atoms with van der Waals surface area (Å²) in [5.74, 6) is 0.505. The zero-order valence-corrected chi connectivity index (χ0v) is 16.3. The van der Waals surface area contributed by atoms with Gasteiger partial charge in [0.05, 0.1) is 23.8 Å². The predicted octanol–water partition coefficient (Wildman–Crippen LogP) is 3.23. The third-order valence-corrected chi connectivity index (χ3v) is 5.09. The average Bonchev–Trinajstić information content (AvgIpc) is 2.75. The first-order valence-electron chi connectivity index (χ1n) is 8.54. The van der Waals surface area contributed by atoms with Crippen molar-refractivity contribution >= 4 is 22.2 Å². The Morgan fingerprint density at radius 3 is 2.14 bits per heavy atom. The van der Waals surface area contributed by atoms with Gasteiger partial charge in [-0.2, -0.15) is 13.5 Å². The van der Waals surface area contributed by atoms with Gasteiger partial charge < -0.3 is 9.47 Å². The van der Waals surface area contributed by atoms with E-state index >= 15 is 0 Å². The molecular weight excluding hydrogens is 392 g/mol. The van der Waals surface area contributed by atoms with Crippen LogP contribution in [0.5, 0.6) is 11.5 Å². The van der Waals surface area contributed by atoms with Crippen molar-refractivity contribution in [2.45, 2.75) is 4.90 Å². The molecule has 3 rings (SSSR count). The van der Waals surface area contributed by atoms with Crippen LogP contribution >= 0.6 is 0 Å². The minimum atomic E-state index is -3.72. The van der Waals surface area contributed by atoms with Crippen LogP contribution in [0.2, 0.25) is 0 Å². The van der Waals surface area contributed by atoms with E-state index in [9.17, 15) is 13.2 Å². The van der Waals surface area contributed by atoms with Gasteiger partial charge in [-0.05, 0) is 66.2 Å². The molecule has 0 aliphatic heterocycles. The predicted molar refractivity (Wildman–Crippen MR) is 109 cm³/mol. The van der Waals surface area contributed by atoms with Gasteiger partial charge in [-0.25, -0.2) is 9.63 Å². The van der Waals surface area contributed by atoms with Crippen LogP contribution in [0, 0.1) is 0 Å². The molecule has 0 aromatic heterocycles. The van der Waals surface area contributed by atoms with Crippen LogP contribution in [0.3, 0.4) is 0 Å². The summed E-state index contributed by atoms with van der Waals surface area (Å²) < 4.78 is 34.5. The van der Waals surface area contributed by atoms with Crippen molar-refractivity contribution in [1.29, 1.82) is 0 Å². The maximum atomic E-state index is 12.1. The first-order chi connectivity index (χ1) is 14.0. The number of methoxy groups -OCH3 is 1. The number of benzene rings is 3. The molecule has 0 atom stereocenters. The maximum absolute atomic E-state index is 12.1. The van der Waals surface area contributed by atoms with E-state index in [2.05, 4.69) is 9.93 Å². The number of rotatable bonds is 7. The summed E-state index contributed by atoms with van der Waals surface area (Å²) >= 11 is 0. The smallest absolute Gasteiger partial charge is 0.343 e. The second kappa shape index (κ2) is 9.03. The van der Waals surface area contributed by atoms with E-state index in [0.717, 1.165) is 0 Å². The normalized spacial score (nSPS) is 11.2. The van der Waals surface area contributed by atoms with E-state index < -0.39 is 16.0 Å². The zero-order valence-electron chi connectivity index (χ0n) is 15.5. The number of hydrogen-bond acceptors (Lipinski definition) is 6. The molecular formula is C21H18N2O5S. The maximum Gasteiger partial charge on any atom is 0.343 e. The van der Waals surface area contributed by atoms with E-state index in [0.29, 0.717) is 22.6 Å². The largest absolute Gasteiger partial charge is 0.497 e. The second-order valence-electron chi connectivity index (χ2n) is 5.85. The van der Waals surface area contributed by atoms with Crippen LogP contribution in [0.4, 0.5) is 0 Å². The molecule has 7 nitrogen and oxygen atoms in total. The fraction of sp³-hybridized carbons (Fsp3) is 0.0476. The summed E-state index contributed by atoms with van der Waals surface area (Å²) in [7, 11) is -2.17. The molecule has 3 aromatic rings. The molecule has 0 bridgehead atoms. The molecule has 3 aromatic carbocycles. The monoisotopic (exact) mass is 410 g/mol. The SMILES string of the molecule is COc1ccc(C(=O)Oc2ccc(/C=N/NS(=O)(=O)c3ccccc3)cc2)cc1. The van der Waals surface area contributed by atoms with Crippen molar-refractivity contribution in [3.8, 4) is 11.5 Å². The number of hydrazone groups is 1. The van der Waals surface area contributed by atoms with E-state index in [1.807, 2.05) is 0 Å². The average molecular weight is 410 g/mol. The minimum absolute atomic E-state index is 0.123. The first-order valence-corrected chi connectivity index (χ1v) is 10.0. The lowest BCUT2D eigenvalue weighted by Crippen LogP contribution is -2.18. The topological polar surface area (TPSA) is 94.1 Å². The molecule has 0 heterocycles. The molecule has 0 radical (unpaired) electrons. The highest BCUT2D eigenvalue weighted by Gasteiger charge is 2.11. The van der Waals surface area contributed by atoms with Crippen LogP contribution in [0.15, 0.2) is 88.9 Å². The molecule has 0 saturated heterocycles. The van der Waals surface area contributed by atoms with E-state index in [1.165, 1.54) is 18.3 Å². The van der Waals surface area contributed by atoms with Crippen molar-refractivity contribution in [3.05, 3.63) is 90.0 Å². The third kappa shape index (κ3) is 5.43. The van der Waals surface area contributed by atoms with Gasteiger partial charge in [-0.3, -0.25) is 0 Å². The highest BCUT2D eigenvalue weighted by Crippen LogP contribution is 2.16.